The second-order valence-corrected chi connectivity index (χ2v) is 6.49. The fourth-order valence-electron chi connectivity index (χ4n) is 1.87. The molecular weight excluding hydrogens is 276 g/mol. The van der Waals surface area contributed by atoms with Crippen LogP contribution in [0.2, 0.25) is 0 Å². The molecule has 0 saturated heterocycles. The molecular formula is C13H14N4O2S. The van der Waals surface area contributed by atoms with E-state index in [0.717, 1.165) is 18.5 Å². The highest BCUT2D eigenvalue weighted by Gasteiger charge is 2.25. The first-order chi connectivity index (χ1) is 9.65. The largest absolute Gasteiger partial charge is 0.263 e. The van der Waals surface area contributed by atoms with E-state index >= 15 is 0 Å². The summed E-state index contributed by atoms with van der Waals surface area (Å²) in [6.07, 6.45) is 6.64. The molecule has 20 heavy (non-hydrogen) atoms. The van der Waals surface area contributed by atoms with Gasteiger partial charge in [-0.25, -0.2) is 23.1 Å². The Bertz CT molecular complexity index is 699. The zero-order valence-electron chi connectivity index (χ0n) is 10.7. The smallest absolute Gasteiger partial charge is 0.242 e. The first-order valence-electron chi connectivity index (χ1n) is 6.36. The van der Waals surface area contributed by atoms with E-state index < -0.39 is 10.0 Å². The maximum absolute atomic E-state index is 12.0. The third-order valence-electron chi connectivity index (χ3n) is 3.13. The van der Waals surface area contributed by atoms with Crippen LogP contribution < -0.4 is 4.72 Å². The van der Waals surface area contributed by atoms with Crippen LogP contribution in [0, 0.1) is 0 Å². The summed E-state index contributed by atoms with van der Waals surface area (Å²) in [5.74, 6) is 0.520. The molecule has 1 fully saturated rings. The van der Waals surface area contributed by atoms with Crippen molar-refractivity contribution >= 4 is 10.0 Å². The Labute approximate surface area is 117 Å². The highest BCUT2D eigenvalue weighted by atomic mass is 32.2. The number of nitrogens with zero attached hydrogens (tertiary/aromatic N) is 3. The molecule has 1 aliphatic carbocycles. The number of hydrogen-bond acceptors (Lipinski definition) is 5. The lowest BCUT2D eigenvalue weighted by Gasteiger charge is -2.06. The maximum Gasteiger partial charge on any atom is 0.242 e. The summed E-state index contributed by atoms with van der Waals surface area (Å²) in [6, 6.07) is 4.96. The molecule has 1 aliphatic rings. The van der Waals surface area contributed by atoms with E-state index in [0.29, 0.717) is 11.6 Å². The van der Waals surface area contributed by atoms with Crippen LogP contribution in [0.15, 0.2) is 41.8 Å². The van der Waals surface area contributed by atoms with Gasteiger partial charge in [0.1, 0.15) is 11.2 Å². The molecule has 2 aromatic rings. The highest BCUT2D eigenvalue weighted by Crippen LogP contribution is 2.38. The van der Waals surface area contributed by atoms with Gasteiger partial charge in [0.15, 0.2) is 0 Å². The Balaban J connectivity index is 1.71. The van der Waals surface area contributed by atoms with Gasteiger partial charge in [-0.2, -0.15) is 0 Å². The van der Waals surface area contributed by atoms with E-state index in [9.17, 15) is 8.42 Å². The molecule has 1 N–H and O–H groups in total. The lowest BCUT2D eigenvalue weighted by Crippen LogP contribution is -2.24. The number of nitrogens with one attached hydrogen (secondary N) is 1. The fourth-order valence-corrected chi connectivity index (χ4v) is 2.83. The topological polar surface area (TPSA) is 84.8 Å². The number of pyridine rings is 1. The molecule has 7 heteroatoms. The summed E-state index contributed by atoms with van der Waals surface area (Å²) in [4.78, 5) is 12.3. The molecule has 6 nitrogen and oxygen atoms in total. The Morgan fingerprint density at radius 2 is 2.15 bits per heavy atom. The molecule has 1 saturated carbocycles. The van der Waals surface area contributed by atoms with E-state index in [4.69, 9.17) is 0 Å². The summed E-state index contributed by atoms with van der Waals surface area (Å²) in [5.41, 5.74) is 1.67. The standard InChI is InChI=1S/C13H14N4O2S/c18-20(19,12-2-1-5-14-8-12)17-7-11-6-13(10-3-4-10)16-9-15-11/h1-2,5-6,8-10,17H,3-4,7H2. The molecule has 0 aromatic carbocycles. The van der Waals surface area contributed by atoms with Gasteiger partial charge in [-0.15, -0.1) is 0 Å². The Morgan fingerprint density at radius 1 is 1.30 bits per heavy atom. The van der Waals surface area contributed by atoms with Crippen LogP contribution in [0.4, 0.5) is 0 Å². The van der Waals surface area contributed by atoms with Gasteiger partial charge in [0, 0.05) is 24.0 Å². The molecule has 104 valence electrons. The van der Waals surface area contributed by atoms with Crippen molar-refractivity contribution < 1.29 is 8.42 Å². The number of sulfonamides is 1. The molecule has 2 heterocycles. The van der Waals surface area contributed by atoms with Crippen LogP contribution in [-0.4, -0.2) is 23.4 Å². The van der Waals surface area contributed by atoms with Crippen LogP contribution in [0.3, 0.4) is 0 Å². The zero-order valence-corrected chi connectivity index (χ0v) is 11.5. The van der Waals surface area contributed by atoms with Gasteiger partial charge in [0.25, 0.3) is 0 Å². The minimum atomic E-state index is -3.55. The van der Waals surface area contributed by atoms with Crippen molar-refractivity contribution in [2.24, 2.45) is 0 Å². The van der Waals surface area contributed by atoms with Crippen molar-refractivity contribution in [2.75, 3.05) is 0 Å². The van der Waals surface area contributed by atoms with Gasteiger partial charge in [0.2, 0.25) is 10.0 Å². The maximum atomic E-state index is 12.0. The van der Waals surface area contributed by atoms with Gasteiger partial charge < -0.3 is 0 Å². The Morgan fingerprint density at radius 3 is 2.85 bits per heavy atom. The van der Waals surface area contributed by atoms with E-state index in [1.54, 1.807) is 6.07 Å². The van der Waals surface area contributed by atoms with Gasteiger partial charge in [-0.05, 0) is 31.0 Å². The number of aromatic nitrogens is 3. The van der Waals surface area contributed by atoms with E-state index in [1.165, 1.54) is 24.8 Å². The highest BCUT2D eigenvalue weighted by molar-refractivity contribution is 7.89. The van der Waals surface area contributed by atoms with Gasteiger partial charge >= 0.3 is 0 Å². The van der Waals surface area contributed by atoms with Gasteiger partial charge in [-0.3, -0.25) is 4.98 Å². The van der Waals surface area contributed by atoms with Crippen molar-refractivity contribution in [3.05, 3.63) is 48.3 Å². The second kappa shape index (κ2) is 5.26. The average Bonchev–Trinajstić information content (AvgIpc) is 3.31. The van der Waals surface area contributed by atoms with Gasteiger partial charge in [0.05, 0.1) is 12.2 Å². The first-order valence-corrected chi connectivity index (χ1v) is 7.84. The number of hydrogen-bond donors (Lipinski definition) is 1. The van der Waals surface area contributed by atoms with Crippen molar-refractivity contribution in [2.45, 2.75) is 30.2 Å². The molecule has 0 spiro atoms. The Hall–Kier alpha value is -1.86. The fraction of sp³-hybridized carbons (Fsp3) is 0.308. The van der Waals surface area contributed by atoms with Gasteiger partial charge in [-0.1, -0.05) is 0 Å². The van der Waals surface area contributed by atoms with Crippen LogP contribution in [0.25, 0.3) is 0 Å². The molecule has 2 aromatic heterocycles. The van der Waals surface area contributed by atoms with Crippen LogP contribution >= 0.6 is 0 Å². The third-order valence-corrected chi connectivity index (χ3v) is 4.51. The van der Waals surface area contributed by atoms with Crippen molar-refractivity contribution in [3.8, 4) is 0 Å². The summed E-state index contributed by atoms with van der Waals surface area (Å²) in [6.45, 7) is 0.152. The SMILES string of the molecule is O=S(=O)(NCc1cc(C2CC2)ncn1)c1cccnc1. The van der Waals surface area contributed by atoms with Crippen LogP contribution in [-0.2, 0) is 16.6 Å². The summed E-state index contributed by atoms with van der Waals surface area (Å²) < 4.78 is 26.6. The summed E-state index contributed by atoms with van der Waals surface area (Å²) >= 11 is 0. The van der Waals surface area contributed by atoms with E-state index in [-0.39, 0.29) is 11.4 Å². The first kappa shape index (κ1) is 13.1. The van der Waals surface area contributed by atoms with Crippen molar-refractivity contribution in [1.82, 2.24) is 19.7 Å². The predicted octanol–water partition coefficient (Wildman–Crippen LogP) is 1.23. The Kier molecular flexibility index (Phi) is 3.45. The molecule has 0 unspecified atom stereocenters. The lowest BCUT2D eigenvalue weighted by molar-refractivity contribution is 0.580. The average molecular weight is 290 g/mol. The molecule has 0 radical (unpaired) electrons. The molecule has 0 bridgehead atoms. The normalized spacial score (nSPS) is 15.2. The molecule has 0 aliphatic heterocycles. The molecule has 3 rings (SSSR count). The zero-order chi connectivity index (χ0) is 14.0. The minimum absolute atomic E-state index is 0.150. The van der Waals surface area contributed by atoms with E-state index in [2.05, 4.69) is 19.7 Å². The monoisotopic (exact) mass is 290 g/mol. The molecule has 0 atom stereocenters. The minimum Gasteiger partial charge on any atom is -0.263 e. The quantitative estimate of drug-likeness (QED) is 0.895. The van der Waals surface area contributed by atoms with Crippen LogP contribution in [0.5, 0.6) is 0 Å². The third kappa shape index (κ3) is 3.00. The van der Waals surface area contributed by atoms with E-state index in [1.807, 2.05) is 6.07 Å². The second-order valence-electron chi connectivity index (χ2n) is 4.72. The van der Waals surface area contributed by atoms with Crippen molar-refractivity contribution in [1.29, 1.82) is 0 Å². The summed E-state index contributed by atoms with van der Waals surface area (Å²) in [5, 5.41) is 0. The van der Waals surface area contributed by atoms with Crippen molar-refractivity contribution in [3.63, 3.8) is 0 Å². The predicted molar refractivity (Wildman–Crippen MR) is 72.3 cm³/mol. The lowest BCUT2D eigenvalue weighted by atomic mass is 10.2. The summed E-state index contributed by atoms with van der Waals surface area (Å²) in [7, 11) is -3.55. The van der Waals surface area contributed by atoms with Crippen LogP contribution in [0.1, 0.15) is 30.1 Å². The number of rotatable bonds is 5. The molecule has 0 amide bonds.